The van der Waals surface area contributed by atoms with Gasteiger partial charge in [0, 0.05) is 32.5 Å². The van der Waals surface area contributed by atoms with Crippen molar-refractivity contribution in [2.45, 2.75) is 88.7 Å². The molecule has 0 saturated carbocycles. The van der Waals surface area contributed by atoms with E-state index in [1.807, 2.05) is 56.3 Å². The van der Waals surface area contributed by atoms with Crippen LogP contribution in [0.1, 0.15) is 64.0 Å². The summed E-state index contributed by atoms with van der Waals surface area (Å²) in [7, 11) is 3.35. The lowest BCUT2D eigenvalue weighted by Crippen LogP contribution is -2.53. The molecule has 7 heteroatoms. The van der Waals surface area contributed by atoms with Crippen molar-refractivity contribution in [1.82, 2.24) is 0 Å². The van der Waals surface area contributed by atoms with Gasteiger partial charge >= 0.3 is 5.97 Å². The van der Waals surface area contributed by atoms with E-state index >= 15 is 0 Å². The summed E-state index contributed by atoms with van der Waals surface area (Å²) in [5, 5.41) is 21.9. The Kier molecular flexibility index (Phi) is 9.68. The number of cyclic esters (lactones) is 1. The van der Waals surface area contributed by atoms with Crippen LogP contribution in [-0.2, 0) is 23.7 Å². The summed E-state index contributed by atoms with van der Waals surface area (Å²) < 4.78 is 23.4. The molecule has 0 spiro atoms. The summed E-state index contributed by atoms with van der Waals surface area (Å²) >= 11 is 0. The number of esters is 1. The summed E-state index contributed by atoms with van der Waals surface area (Å²) in [6, 6.07) is 9.63. The number of benzene rings is 1. The second kappa shape index (κ2) is 12.3. The predicted molar refractivity (Wildman–Crippen MR) is 128 cm³/mol. The third kappa shape index (κ3) is 6.89. The number of ether oxygens (including phenoxy) is 4. The maximum Gasteiger partial charge on any atom is 0.311 e. The minimum absolute atomic E-state index is 0.0430. The molecule has 190 valence electrons. The van der Waals surface area contributed by atoms with Crippen molar-refractivity contribution < 1.29 is 34.0 Å². The molecular weight excluding hydrogens is 436 g/mol. The molecular formula is C27H40O7. The maximum atomic E-state index is 12.9. The third-order valence-electron chi connectivity index (χ3n) is 7.14. The minimum atomic E-state index is -1.79. The number of carbonyl (C=O) groups is 1. The fraction of sp³-hybridized carbons (Fsp3) is 0.667. The molecule has 2 heterocycles. The molecule has 2 aliphatic rings. The summed E-state index contributed by atoms with van der Waals surface area (Å²) in [6.45, 7) is 3.87. The second-order valence-corrected chi connectivity index (χ2v) is 9.73. The van der Waals surface area contributed by atoms with E-state index in [0.29, 0.717) is 6.42 Å². The average Bonchev–Trinajstić information content (AvgIpc) is 2.81. The van der Waals surface area contributed by atoms with Gasteiger partial charge in [0.1, 0.15) is 12.2 Å². The Bertz CT molecular complexity index is 797. The van der Waals surface area contributed by atoms with Crippen LogP contribution in [-0.4, -0.2) is 60.6 Å². The van der Waals surface area contributed by atoms with Crippen LogP contribution in [0.4, 0.5) is 0 Å². The highest BCUT2D eigenvalue weighted by molar-refractivity contribution is 5.70. The van der Waals surface area contributed by atoms with Crippen molar-refractivity contribution in [2.75, 3.05) is 14.2 Å². The Labute approximate surface area is 203 Å². The van der Waals surface area contributed by atoms with Crippen molar-refractivity contribution >= 4 is 5.97 Å². The van der Waals surface area contributed by atoms with Gasteiger partial charge < -0.3 is 29.2 Å². The Morgan fingerprint density at radius 1 is 1.03 bits per heavy atom. The van der Waals surface area contributed by atoms with E-state index in [9.17, 15) is 15.0 Å². The fourth-order valence-corrected chi connectivity index (χ4v) is 5.07. The van der Waals surface area contributed by atoms with E-state index in [0.717, 1.165) is 24.8 Å². The van der Waals surface area contributed by atoms with Crippen LogP contribution in [0, 0.1) is 11.8 Å². The summed E-state index contributed by atoms with van der Waals surface area (Å²) in [6.07, 6.45) is 4.70. The number of hydrogen-bond acceptors (Lipinski definition) is 7. The van der Waals surface area contributed by atoms with Crippen molar-refractivity contribution in [3.63, 3.8) is 0 Å². The zero-order valence-electron chi connectivity index (χ0n) is 20.8. The van der Waals surface area contributed by atoms with Crippen LogP contribution < -0.4 is 0 Å². The number of carbonyl (C=O) groups excluding carboxylic acids is 1. The maximum absolute atomic E-state index is 12.9. The second-order valence-electron chi connectivity index (χ2n) is 9.73. The van der Waals surface area contributed by atoms with Crippen LogP contribution >= 0.6 is 0 Å². The highest BCUT2D eigenvalue weighted by Gasteiger charge is 2.47. The zero-order chi connectivity index (χ0) is 24.7. The number of hydrogen-bond donors (Lipinski definition) is 2. The number of aliphatic hydroxyl groups is 2. The monoisotopic (exact) mass is 476 g/mol. The number of fused-ring (bicyclic) bond motifs is 2. The van der Waals surface area contributed by atoms with Gasteiger partial charge in [-0.05, 0) is 24.8 Å². The molecule has 34 heavy (non-hydrogen) atoms. The smallest absolute Gasteiger partial charge is 0.311 e. The van der Waals surface area contributed by atoms with E-state index < -0.39 is 30.1 Å². The molecule has 1 aromatic rings. The Morgan fingerprint density at radius 2 is 1.74 bits per heavy atom. The summed E-state index contributed by atoms with van der Waals surface area (Å²) in [5.74, 6) is -2.68. The molecule has 0 aliphatic carbocycles. The lowest BCUT2D eigenvalue weighted by molar-refractivity contribution is -0.295. The topological polar surface area (TPSA) is 94.5 Å². The van der Waals surface area contributed by atoms with Crippen LogP contribution in [0.5, 0.6) is 0 Å². The van der Waals surface area contributed by atoms with Gasteiger partial charge in [-0.15, -0.1) is 0 Å². The number of aliphatic hydroxyl groups excluding tert-OH is 1. The summed E-state index contributed by atoms with van der Waals surface area (Å²) in [5.41, 5.74) is 0.912. The fourth-order valence-electron chi connectivity index (χ4n) is 5.07. The van der Waals surface area contributed by atoms with E-state index in [4.69, 9.17) is 18.9 Å². The predicted octanol–water partition coefficient (Wildman–Crippen LogP) is 3.93. The van der Waals surface area contributed by atoms with Gasteiger partial charge in [0.2, 0.25) is 0 Å². The highest BCUT2D eigenvalue weighted by Crippen LogP contribution is 2.38. The highest BCUT2D eigenvalue weighted by atomic mass is 16.6. The first-order valence-electron chi connectivity index (χ1n) is 12.3. The van der Waals surface area contributed by atoms with Crippen LogP contribution in [0.15, 0.2) is 42.5 Å². The van der Waals surface area contributed by atoms with E-state index in [2.05, 4.69) is 0 Å². The minimum Gasteiger partial charge on any atom is -0.457 e. The van der Waals surface area contributed by atoms with Crippen LogP contribution in [0.2, 0.25) is 0 Å². The third-order valence-corrected chi connectivity index (χ3v) is 7.14. The largest absolute Gasteiger partial charge is 0.457 e. The Balaban J connectivity index is 1.89. The van der Waals surface area contributed by atoms with E-state index in [-0.39, 0.29) is 36.9 Å². The molecule has 2 N–H and O–H groups in total. The quantitative estimate of drug-likeness (QED) is 0.504. The molecule has 8 atom stereocenters. The SMILES string of the molecule is COC1C=CC(C)C2OC(O)(CC(=O)OC(c3ccccc3)CCCCC1OC)CC(O)C2C. The molecule has 1 aromatic carbocycles. The van der Waals surface area contributed by atoms with Gasteiger partial charge in [-0.2, -0.15) is 0 Å². The molecule has 7 nitrogen and oxygen atoms in total. The Morgan fingerprint density at radius 3 is 2.41 bits per heavy atom. The average molecular weight is 477 g/mol. The van der Waals surface area contributed by atoms with Crippen molar-refractivity contribution in [3.05, 3.63) is 48.0 Å². The van der Waals surface area contributed by atoms with Crippen LogP contribution in [0.25, 0.3) is 0 Å². The van der Waals surface area contributed by atoms with Gasteiger partial charge in [-0.25, -0.2) is 0 Å². The lowest BCUT2D eigenvalue weighted by Gasteiger charge is -2.45. The standard InChI is InChI=1S/C27H40O7/c1-18-14-15-24(32-4)23(31-3)13-9-8-12-22(20-10-6-5-7-11-20)33-25(29)17-27(30)16-21(28)19(2)26(18)34-27/h5-7,10-11,14-15,18-19,21-24,26,28,30H,8-9,12-13,16-17H2,1-4H3. The first-order valence-corrected chi connectivity index (χ1v) is 12.3. The van der Waals surface area contributed by atoms with Gasteiger partial charge in [-0.3, -0.25) is 4.79 Å². The number of rotatable bonds is 3. The number of methoxy groups -OCH3 is 2. The van der Waals surface area contributed by atoms with E-state index in [1.54, 1.807) is 14.2 Å². The van der Waals surface area contributed by atoms with Gasteiger partial charge in [-0.1, -0.05) is 62.8 Å². The molecule has 0 amide bonds. The normalized spacial score (nSPS) is 38.3. The molecule has 3 rings (SSSR count). The van der Waals surface area contributed by atoms with Crippen molar-refractivity contribution in [1.29, 1.82) is 0 Å². The van der Waals surface area contributed by atoms with Gasteiger partial charge in [0.25, 0.3) is 0 Å². The molecule has 0 aromatic heterocycles. The van der Waals surface area contributed by atoms with Gasteiger partial charge in [0.15, 0.2) is 5.79 Å². The first-order chi connectivity index (χ1) is 16.3. The molecule has 2 bridgehead atoms. The van der Waals surface area contributed by atoms with Crippen molar-refractivity contribution in [2.24, 2.45) is 11.8 Å². The first kappa shape index (κ1) is 26.8. The molecule has 1 saturated heterocycles. The van der Waals surface area contributed by atoms with Crippen molar-refractivity contribution in [3.8, 4) is 0 Å². The Hall–Kier alpha value is -1.77. The van der Waals surface area contributed by atoms with E-state index in [1.165, 1.54) is 0 Å². The summed E-state index contributed by atoms with van der Waals surface area (Å²) in [4.78, 5) is 12.9. The molecule has 8 unspecified atom stereocenters. The van der Waals surface area contributed by atoms with Gasteiger partial charge in [0.05, 0.1) is 24.7 Å². The molecule has 1 fully saturated rings. The lowest BCUT2D eigenvalue weighted by atomic mass is 9.82. The molecule has 2 aliphatic heterocycles. The van der Waals surface area contributed by atoms with Crippen LogP contribution in [0.3, 0.4) is 0 Å². The molecule has 0 radical (unpaired) electrons. The zero-order valence-corrected chi connectivity index (χ0v) is 20.8.